The molecule has 0 saturated heterocycles. The lowest BCUT2D eigenvalue weighted by Gasteiger charge is -2.18. The average Bonchev–Trinajstić information content (AvgIpc) is 2.22. The van der Waals surface area contributed by atoms with Crippen LogP contribution in [0.3, 0.4) is 0 Å². The van der Waals surface area contributed by atoms with Gasteiger partial charge in [0.25, 0.3) is 0 Å². The van der Waals surface area contributed by atoms with Crippen LogP contribution in [0.15, 0.2) is 22.7 Å². The Morgan fingerprint density at radius 1 is 1.53 bits per heavy atom. The van der Waals surface area contributed by atoms with Gasteiger partial charge >= 0.3 is 5.97 Å². The molecule has 0 aliphatic heterocycles. The fourth-order valence-corrected chi connectivity index (χ4v) is 1.89. The molecule has 0 saturated carbocycles. The van der Waals surface area contributed by atoms with Gasteiger partial charge in [0.1, 0.15) is 11.9 Å². The van der Waals surface area contributed by atoms with E-state index in [-0.39, 0.29) is 11.7 Å². The normalized spacial score (nSPS) is 12.8. The van der Waals surface area contributed by atoms with Gasteiger partial charge in [0, 0.05) is 11.0 Å². The highest BCUT2D eigenvalue weighted by Crippen LogP contribution is 2.18. The van der Waals surface area contributed by atoms with E-state index < -0.39 is 12.0 Å². The van der Waals surface area contributed by atoms with Crippen LogP contribution in [0.2, 0.25) is 0 Å². The van der Waals surface area contributed by atoms with Crippen LogP contribution >= 0.6 is 15.9 Å². The van der Waals surface area contributed by atoms with E-state index in [2.05, 4.69) is 21.2 Å². The molecule has 1 aromatic carbocycles. The number of carboxylic acid groups (broad SMARTS) is 1. The number of carbonyl (C=O) groups is 1. The van der Waals surface area contributed by atoms with Gasteiger partial charge in [0.2, 0.25) is 0 Å². The number of carboxylic acids is 1. The highest BCUT2D eigenvalue weighted by atomic mass is 79.9. The molecule has 1 aromatic rings. The topological polar surface area (TPSA) is 49.3 Å². The molecular weight excluding hydrogens is 289 g/mol. The maximum absolute atomic E-state index is 13.0. The van der Waals surface area contributed by atoms with Gasteiger partial charge in [-0.3, -0.25) is 4.79 Å². The average molecular weight is 304 g/mol. The zero-order valence-corrected chi connectivity index (χ0v) is 11.3. The van der Waals surface area contributed by atoms with Gasteiger partial charge in [0.05, 0.1) is 0 Å². The van der Waals surface area contributed by atoms with Gasteiger partial charge in [-0.15, -0.1) is 0 Å². The summed E-state index contributed by atoms with van der Waals surface area (Å²) in [5, 5.41) is 11.9. The zero-order valence-electron chi connectivity index (χ0n) is 9.71. The van der Waals surface area contributed by atoms with Crippen LogP contribution in [0.5, 0.6) is 0 Å². The molecule has 5 heteroatoms. The van der Waals surface area contributed by atoms with Crippen LogP contribution < -0.4 is 5.32 Å². The second-order valence-corrected chi connectivity index (χ2v) is 5.03. The maximum Gasteiger partial charge on any atom is 0.320 e. The van der Waals surface area contributed by atoms with Crippen molar-refractivity contribution in [2.24, 2.45) is 5.92 Å². The van der Waals surface area contributed by atoms with Gasteiger partial charge in [-0.1, -0.05) is 29.8 Å². The molecule has 17 heavy (non-hydrogen) atoms. The minimum absolute atomic E-state index is 0.0279. The molecule has 0 amide bonds. The largest absolute Gasteiger partial charge is 0.480 e. The third-order valence-corrected chi connectivity index (χ3v) is 3.23. The SMILES string of the molecule is CC(C)[C@H](NCc1cc(F)ccc1Br)C(=O)O. The predicted octanol–water partition coefficient (Wildman–Crippen LogP) is 2.79. The van der Waals surface area contributed by atoms with Crippen LogP contribution in [0.1, 0.15) is 19.4 Å². The predicted molar refractivity (Wildman–Crippen MR) is 67.2 cm³/mol. The summed E-state index contributed by atoms with van der Waals surface area (Å²) in [5.41, 5.74) is 0.705. The van der Waals surface area contributed by atoms with Crippen molar-refractivity contribution in [1.29, 1.82) is 0 Å². The van der Waals surface area contributed by atoms with Crippen molar-refractivity contribution < 1.29 is 14.3 Å². The number of hydrogen-bond donors (Lipinski definition) is 2. The summed E-state index contributed by atoms with van der Waals surface area (Å²) in [7, 11) is 0. The van der Waals surface area contributed by atoms with Gasteiger partial charge in [-0.2, -0.15) is 0 Å². The summed E-state index contributed by atoms with van der Waals surface area (Å²) in [6.07, 6.45) is 0. The summed E-state index contributed by atoms with van der Waals surface area (Å²) in [5.74, 6) is -1.26. The fourth-order valence-electron chi connectivity index (χ4n) is 1.51. The summed E-state index contributed by atoms with van der Waals surface area (Å²) in [4.78, 5) is 11.0. The lowest BCUT2D eigenvalue weighted by molar-refractivity contribution is -0.140. The van der Waals surface area contributed by atoms with Gasteiger partial charge in [0.15, 0.2) is 0 Å². The monoisotopic (exact) mass is 303 g/mol. The molecule has 2 N–H and O–H groups in total. The van der Waals surface area contributed by atoms with Crippen molar-refractivity contribution in [2.75, 3.05) is 0 Å². The summed E-state index contributed by atoms with van der Waals surface area (Å²) >= 11 is 3.30. The van der Waals surface area contributed by atoms with E-state index in [1.807, 2.05) is 13.8 Å². The number of nitrogens with one attached hydrogen (secondary N) is 1. The van der Waals surface area contributed by atoms with Gasteiger partial charge in [-0.25, -0.2) is 4.39 Å². The van der Waals surface area contributed by atoms with Crippen molar-refractivity contribution in [3.05, 3.63) is 34.1 Å². The summed E-state index contributed by atoms with van der Waals surface area (Å²) < 4.78 is 13.8. The van der Waals surface area contributed by atoms with Crippen LogP contribution in [-0.2, 0) is 11.3 Å². The molecule has 1 rings (SSSR count). The van der Waals surface area contributed by atoms with Crippen LogP contribution in [0.25, 0.3) is 0 Å². The fraction of sp³-hybridized carbons (Fsp3) is 0.417. The lowest BCUT2D eigenvalue weighted by atomic mass is 10.0. The molecule has 0 heterocycles. The van der Waals surface area contributed by atoms with Crippen molar-refractivity contribution in [3.8, 4) is 0 Å². The van der Waals surface area contributed by atoms with Gasteiger partial charge in [-0.05, 0) is 29.7 Å². The minimum Gasteiger partial charge on any atom is -0.480 e. The van der Waals surface area contributed by atoms with E-state index in [1.165, 1.54) is 12.1 Å². The van der Waals surface area contributed by atoms with Crippen molar-refractivity contribution in [3.63, 3.8) is 0 Å². The third-order valence-electron chi connectivity index (χ3n) is 2.45. The molecule has 0 spiro atoms. The summed E-state index contributed by atoms with van der Waals surface area (Å²) in [6, 6.07) is 3.71. The second kappa shape index (κ2) is 6.12. The number of rotatable bonds is 5. The van der Waals surface area contributed by atoms with Crippen LogP contribution in [0.4, 0.5) is 4.39 Å². The van der Waals surface area contributed by atoms with Crippen molar-refractivity contribution in [2.45, 2.75) is 26.4 Å². The highest BCUT2D eigenvalue weighted by Gasteiger charge is 2.20. The first-order valence-corrected chi connectivity index (χ1v) is 6.11. The molecule has 0 aliphatic rings. The Kier molecular flexibility index (Phi) is 5.08. The lowest BCUT2D eigenvalue weighted by Crippen LogP contribution is -2.40. The van der Waals surface area contributed by atoms with Crippen molar-refractivity contribution in [1.82, 2.24) is 5.32 Å². The molecule has 0 radical (unpaired) electrons. The zero-order chi connectivity index (χ0) is 13.0. The number of benzene rings is 1. The van der Waals surface area contributed by atoms with E-state index >= 15 is 0 Å². The first kappa shape index (κ1) is 14.1. The smallest absolute Gasteiger partial charge is 0.320 e. The Labute approximate surface area is 108 Å². The Hall–Kier alpha value is -0.940. The van der Waals surface area contributed by atoms with E-state index in [0.717, 1.165) is 4.47 Å². The van der Waals surface area contributed by atoms with E-state index in [1.54, 1.807) is 6.07 Å². The molecular formula is C12H15BrFNO2. The Balaban J connectivity index is 2.72. The molecule has 94 valence electrons. The van der Waals surface area contributed by atoms with Gasteiger partial charge < -0.3 is 10.4 Å². The standard InChI is InChI=1S/C12H15BrFNO2/c1-7(2)11(12(16)17)15-6-8-5-9(14)3-4-10(8)13/h3-5,7,11,15H,6H2,1-2H3,(H,16,17)/t11-/m0/s1. The maximum atomic E-state index is 13.0. The number of halogens is 2. The first-order chi connectivity index (χ1) is 7.91. The Morgan fingerprint density at radius 2 is 2.18 bits per heavy atom. The Bertz CT molecular complexity index is 409. The molecule has 3 nitrogen and oxygen atoms in total. The molecule has 0 aliphatic carbocycles. The van der Waals surface area contributed by atoms with Crippen molar-refractivity contribution >= 4 is 21.9 Å². The second-order valence-electron chi connectivity index (χ2n) is 4.18. The number of hydrogen-bond acceptors (Lipinski definition) is 2. The molecule has 0 aromatic heterocycles. The van der Waals surface area contributed by atoms with E-state index in [4.69, 9.17) is 5.11 Å². The molecule has 0 bridgehead atoms. The summed E-state index contributed by atoms with van der Waals surface area (Å²) in [6.45, 7) is 3.96. The van der Waals surface area contributed by atoms with E-state index in [9.17, 15) is 9.18 Å². The first-order valence-electron chi connectivity index (χ1n) is 5.32. The highest BCUT2D eigenvalue weighted by molar-refractivity contribution is 9.10. The Morgan fingerprint density at radius 3 is 2.71 bits per heavy atom. The quantitative estimate of drug-likeness (QED) is 0.879. The number of aliphatic carboxylic acids is 1. The molecule has 1 atom stereocenters. The third kappa shape index (κ3) is 4.09. The van der Waals surface area contributed by atoms with E-state index in [0.29, 0.717) is 12.1 Å². The van der Waals surface area contributed by atoms with Crippen LogP contribution in [0, 0.1) is 11.7 Å². The molecule has 0 fully saturated rings. The minimum atomic E-state index is -0.896. The van der Waals surface area contributed by atoms with Crippen LogP contribution in [-0.4, -0.2) is 17.1 Å². The molecule has 0 unspecified atom stereocenters.